The maximum Gasteiger partial charge on any atom is 0.246 e. The van der Waals surface area contributed by atoms with Crippen LogP contribution in [0.2, 0.25) is 0 Å². The Kier molecular flexibility index (Phi) is 6.53. The van der Waals surface area contributed by atoms with Crippen LogP contribution in [0.5, 0.6) is 0 Å². The van der Waals surface area contributed by atoms with E-state index in [-0.39, 0.29) is 28.6 Å². The van der Waals surface area contributed by atoms with E-state index in [4.69, 9.17) is 12.2 Å². The zero-order chi connectivity index (χ0) is 22.3. The Morgan fingerprint density at radius 1 is 1.31 bits per heavy atom. The van der Waals surface area contributed by atoms with Crippen molar-refractivity contribution in [2.75, 3.05) is 20.6 Å². The molecule has 2 rings (SSSR count). The van der Waals surface area contributed by atoms with Crippen LogP contribution in [0.25, 0.3) is 0 Å². The van der Waals surface area contributed by atoms with Crippen molar-refractivity contribution in [1.29, 1.82) is 5.26 Å². The van der Waals surface area contributed by atoms with Crippen molar-refractivity contribution in [3.63, 3.8) is 0 Å². The predicted octanol–water partition coefficient (Wildman–Crippen LogP) is 1.74. The van der Waals surface area contributed by atoms with Crippen LogP contribution in [0.15, 0.2) is 0 Å². The van der Waals surface area contributed by atoms with Gasteiger partial charge in [-0.3, -0.25) is 9.59 Å². The van der Waals surface area contributed by atoms with E-state index in [1.165, 1.54) is 0 Å². The first kappa shape index (κ1) is 23.4. The fraction of sp³-hybridized carbons (Fsp3) is 0.810. The smallest absolute Gasteiger partial charge is 0.246 e. The summed E-state index contributed by atoms with van der Waals surface area (Å²) in [4.78, 5) is 30.2. The zero-order valence-electron chi connectivity index (χ0n) is 18.9. The second kappa shape index (κ2) is 8.10. The minimum atomic E-state index is -0.551. The second-order valence-corrected chi connectivity index (χ2v) is 10.5. The monoisotopic (exact) mass is 421 g/mol. The molecule has 29 heavy (non-hydrogen) atoms. The Morgan fingerprint density at radius 3 is 2.34 bits per heavy atom. The number of carbonyl (C=O) groups excluding carboxylic acids is 2. The second-order valence-electron chi connectivity index (χ2n) is 10.1. The summed E-state index contributed by atoms with van der Waals surface area (Å²) in [5.41, 5.74) is -0.365. The highest BCUT2D eigenvalue weighted by molar-refractivity contribution is 7.80. The maximum atomic E-state index is 13.6. The number of nitrogens with zero attached hydrogens (tertiary/aromatic N) is 3. The molecule has 2 fully saturated rings. The Morgan fingerprint density at radius 2 is 1.90 bits per heavy atom. The van der Waals surface area contributed by atoms with Gasteiger partial charge in [0.05, 0.1) is 6.07 Å². The number of nitriles is 1. The molecule has 0 aromatic rings. The minimum absolute atomic E-state index is 0.0245. The molecular formula is C21H35N5O2S. The Labute approximate surface area is 180 Å². The van der Waals surface area contributed by atoms with Gasteiger partial charge in [0.1, 0.15) is 18.1 Å². The molecule has 0 aromatic carbocycles. The molecule has 0 radical (unpaired) electrons. The summed E-state index contributed by atoms with van der Waals surface area (Å²) in [6, 6.07) is 0.470. The zero-order valence-corrected chi connectivity index (χ0v) is 19.7. The van der Waals surface area contributed by atoms with E-state index in [9.17, 15) is 14.9 Å². The average Bonchev–Trinajstić information content (AvgIpc) is 2.96. The molecule has 0 aromatic heterocycles. The summed E-state index contributed by atoms with van der Waals surface area (Å²) < 4.78 is 0. The quantitative estimate of drug-likeness (QED) is 0.658. The fourth-order valence-corrected chi connectivity index (χ4v) is 4.48. The van der Waals surface area contributed by atoms with Gasteiger partial charge in [0.15, 0.2) is 5.11 Å². The molecule has 1 saturated carbocycles. The Balaban J connectivity index is 2.29. The number of hydrogen-bond donors (Lipinski definition) is 2. The Hall–Kier alpha value is -1.88. The van der Waals surface area contributed by atoms with Gasteiger partial charge in [-0.25, -0.2) is 0 Å². The lowest BCUT2D eigenvalue weighted by molar-refractivity contribution is -0.143. The molecule has 1 saturated heterocycles. The largest absolute Gasteiger partial charge is 0.355 e. The number of hydrogen-bond acceptors (Lipinski definition) is 4. The SMILES string of the molecule is CC[C@@H](C#N)NC(=O)[C@@H]1[C@@H]2[C@H](CN1C(=O)[C@@H](NC(=S)N(C)C)C(C)(C)C)C2(C)C. The predicted molar refractivity (Wildman–Crippen MR) is 117 cm³/mol. The summed E-state index contributed by atoms with van der Waals surface area (Å²) in [5.74, 6) is 0.0670. The minimum Gasteiger partial charge on any atom is -0.355 e. The van der Waals surface area contributed by atoms with Crippen LogP contribution in [0.4, 0.5) is 0 Å². The molecule has 0 unspecified atom stereocenters. The van der Waals surface area contributed by atoms with Crippen molar-refractivity contribution in [3.8, 4) is 6.07 Å². The fourth-order valence-electron chi connectivity index (χ4n) is 4.36. The van der Waals surface area contributed by atoms with Crippen molar-refractivity contribution in [2.24, 2.45) is 22.7 Å². The molecule has 2 N–H and O–H groups in total. The molecule has 1 heterocycles. The van der Waals surface area contributed by atoms with Crippen LogP contribution >= 0.6 is 12.2 Å². The highest BCUT2D eigenvalue weighted by Crippen LogP contribution is 2.65. The van der Waals surface area contributed by atoms with Crippen molar-refractivity contribution >= 4 is 29.1 Å². The van der Waals surface area contributed by atoms with Crippen molar-refractivity contribution in [1.82, 2.24) is 20.4 Å². The summed E-state index contributed by atoms with van der Waals surface area (Å²) in [7, 11) is 3.66. The van der Waals surface area contributed by atoms with Gasteiger partial charge in [-0.2, -0.15) is 5.26 Å². The average molecular weight is 422 g/mol. The molecule has 7 nitrogen and oxygen atoms in total. The van der Waals surface area contributed by atoms with Gasteiger partial charge in [-0.15, -0.1) is 0 Å². The molecule has 2 aliphatic rings. The van der Waals surface area contributed by atoms with E-state index in [1.54, 1.807) is 9.80 Å². The Bertz CT molecular complexity index is 722. The number of carbonyl (C=O) groups is 2. The standard InChI is InChI=1S/C21H35N5O2S/c1-9-12(10-22)23-17(27)15-14-13(21(14,5)6)11-26(15)18(28)16(20(2,3)4)24-19(29)25(7)8/h12-16H,9,11H2,1-8H3,(H,23,27)(H,24,29)/t12-,13-,14-,15-,16+/m0/s1. The van der Waals surface area contributed by atoms with E-state index in [1.807, 2.05) is 41.8 Å². The van der Waals surface area contributed by atoms with Crippen LogP contribution in [0, 0.1) is 34.0 Å². The number of rotatable bonds is 5. The summed E-state index contributed by atoms with van der Waals surface area (Å²) in [6.45, 7) is 12.7. The molecule has 1 aliphatic heterocycles. The number of likely N-dealkylation sites (tertiary alicyclic amines) is 1. The lowest BCUT2D eigenvalue weighted by Gasteiger charge is -2.38. The third-order valence-electron chi connectivity index (χ3n) is 6.43. The van der Waals surface area contributed by atoms with Crippen LogP contribution in [-0.2, 0) is 9.59 Å². The first-order valence-electron chi connectivity index (χ1n) is 10.3. The molecule has 162 valence electrons. The molecule has 8 heteroatoms. The van der Waals surface area contributed by atoms with Gasteiger partial charge in [-0.05, 0) is 41.3 Å². The van der Waals surface area contributed by atoms with Crippen molar-refractivity contribution < 1.29 is 9.59 Å². The van der Waals surface area contributed by atoms with E-state index >= 15 is 0 Å². The highest BCUT2D eigenvalue weighted by Gasteiger charge is 2.69. The van der Waals surface area contributed by atoms with Gasteiger partial charge < -0.3 is 20.4 Å². The van der Waals surface area contributed by atoms with E-state index in [0.717, 1.165) is 0 Å². The third kappa shape index (κ3) is 4.50. The van der Waals surface area contributed by atoms with Crippen molar-refractivity contribution in [2.45, 2.75) is 66.1 Å². The van der Waals surface area contributed by atoms with Crippen LogP contribution < -0.4 is 10.6 Å². The van der Waals surface area contributed by atoms with Crippen molar-refractivity contribution in [3.05, 3.63) is 0 Å². The number of nitrogens with one attached hydrogen (secondary N) is 2. The van der Waals surface area contributed by atoms with Gasteiger partial charge in [-0.1, -0.05) is 41.5 Å². The molecule has 0 bridgehead atoms. The number of amides is 2. The van der Waals surface area contributed by atoms with E-state index in [0.29, 0.717) is 24.0 Å². The molecule has 0 spiro atoms. The van der Waals surface area contributed by atoms with Crippen LogP contribution in [0.3, 0.4) is 0 Å². The van der Waals surface area contributed by atoms with Gasteiger partial charge in [0.25, 0.3) is 0 Å². The highest BCUT2D eigenvalue weighted by atomic mass is 32.1. The van der Waals surface area contributed by atoms with Crippen LogP contribution in [0.1, 0.15) is 48.0 Å². The first-order valence-corrected chi connectivity index (χ1v) is 10.7. The molecule has 1 aliphatic carbocycles. The lowest BCUT2D eigenvalue weighted by Crippen LogP contribution is -2.60. The number of fused-ring (bicyclic) bond motifs is 1. The van der Waals surface area contributed by atoms with E-state index in [2.05, 4.69) is 30.6 Å². The normalized spacial score (nSPS) is 26.6. The molecule has 5 atom stereocenters. The topological polar surface area (TPSA) is 88.5 Å². The molecular weight excluding hydrogens is 386 g/mol. The maximum absolute atomic E-state index is 13.6. The summed E-state index contributed by atoms with van der Waals surface area (Å²) in [5, 5.41) is 15.7. The van der Waals surface area contributed by atoms with Crippen LogP contribution in [-0.4, -0.2) is 65.5 Å². The number of thiocarbonyl (C=S) groups is 1. The third-order valence-corrected chi connectivity index (χ3v) is 6.91. The van der Waals surface area contributed by atoms with Gasteiger partial charge >= 0.3 is 0 Å². The van der Waals surface area contributed by atoms with Gasteiger partial charge in [0, 0.05) is 20.6 Å². The summed E-state index contributed by atoms with van der Waals surface area (Å²) in [6.07, 6.45) is 0.531. The first-order chi connectivity index (χ1) is 13.3. The molecule has 2 amide bonds. The van der Waals surface area contributed by atoms with Gasteiger partial charge in [0.2, 0.25) is 11.8 Å². The number of piperidine rings is 1. The van der Waals surface area contributed by atoms with E-state index < -0.39 is 18.1 Å². The summed E-state index contributed by atoms with van der Waals surface area (Å²) >= 11 is 5.38. The lowest BCUT2D eigenvalue weighted by atomic mass is 9.85.